The van der Waals surface area contributed by atoms with Gasteiger partial charge < -0.3 is 10.6 Å². The lowest BCUT2D eigenvalue weighted by Crippen LogP contribution is -2.31. The lowest BCUT2D eigenvalue weighted by molar-refractivity contribution is -0.121. The zero-order valence-corrected chi connectivity index (χ0v) is 18.5. The number of nitriles is 1. The zero-order valence-electron chi connectivity index (χ0n) is 16.1. The molecule has 1 heterocycles. The van der Waals surface area contributed by atoms with Gasteiger partial charge in [0.2, 0.25) is 11.8 Å². The minimum absolute atomic E-state index is 0.0970. The number of hydrogen-bond acceptors (Lipinski definition) is 4. The summed E-state index contributed by atoms with van der Waals surface area (Å²) in [7, 11) is 0. The van der Waals surface area contributed by atoms with E-state index >= 15 is 0 Å². The fraction of sp³-hybridized carbons (Fsp3) is 0.227. The van der Waals surface area contributed by atoms with Gasteiger partial charge in [0.05, 0.1) is 22.4 Å². The van der Waals surface area contributed by atoms with Crippen molar-refractivity contribution in [3.8, 4) is 6.07 Å². The Hall–Kier alpha value is -2.56. The molecule has 148 valence electrons. The molecule has 0 saturated carbocycles. The number of amides is 2. The van der Waals surface area contributed by atoms with Crippen molar-refractivity contribution in [2.24, 2.45) is 0 Å². The average Bonchev–Trinajstić information content (AvgIpc) is 2.69. The molecule has 0 aromatic heterocycles. The van der Waals surface area contributed by atoms with Crippen molar-refractivity contribution in [1.29, 1.82) is 5.26 Å². The number of nitrogens with zero attached hydrogens (tertiary/aromatic N) is 1. The summed E-state index contributed by atoms with van der Waals surface area (Å²) in [5.41, 5.74) is 4.14. The highest BCUT2D eigenvalue weighted by molar-refractivity contribution is 9.10. The summed E-state index contributed by atoms with van der Waals surface area (Å²) >= 11 is 4.61. The molecule has 5 nitrogen and oxygen atoms in total. The fourth-order valence-electron chi connectivity index (χ4n) is 3.27. The molecule has 1 aliphatic rings. The number of para-hydroxylation sites is 1. The number of carbonyl (C=O) groups excluding carboxylic acids is 2. The predicted octanol–water partition coefficient (Wildman–Crippen LogP) is 4.78. The van der Waals surface area contributed by atoms with E-state index in [2.05, 4.69) is 32.6 Å². The summed E-state index contributed by atoms with van der Waals surface area (Å²) in [5, 5.41) is 15.9. The van der Waals surface area contributed by atoms with E-state index in [0.29, 0.717) is 10.6 Å². The monoisotopic (exact) mass is 469 g/mol. The van der Waals surface area contributed by atoms with Crippen molar-refractivity contribution >= 4 is 45.2 Å². The van der Waals surface area contributed by atoms with Gasteiger partial charge >= 0.3 is 0 Å². The largest absolute Gasteiger partial charge is 0.325 e. The van der Waals surface area contributed by atoms with Gasteiger partial charge in [-0.1, -0.05) is 58.0 Å². The third kappa shape index (κ3) is 5.08. The van der Waals surface area contributed by atoms with Crippen LogP contribution in [0.2, 0.25) is 0 Å². The molecule has 2 aromatic carbocycles. The van der Waals surface area contributed by atoms with Crippen LogP contribution in [0.1, 0.15) is 29.0 Å². The summed E-state index contributed by atoms with van der Waals surface area (Å²) in [4.78, 5) is 24.7. The van der Waals surface area contributed by atoms with Crippen molar-refractivity contribution in [1.82, 2.24) is 5.32 Å². The number of nitrogens with one attached hydrogen (secondary N) is 2. The maximum absolute atomic E-state index is 12.5. The van der Waals surface area contributed by atoms with E-state index in [-0.39, 0.29) is 29.9 Å². The molecule has 0 unspecified atom stereocenters. The fourth-order valence-corrected chi connectivity index (χ4v) is 4.56. The van der Waals surface area contributed by atoms with Crippen LogP contribution in [0, 0.1) is 25.2 Å². The molecule has 1 aliphatic heterocycles. The van der Waals surface area contributed by atoms with Gasteiger partial charge in [0.25, 0.3) is 0 Å². The Kier molecular flexibility index (Phi) is 6.78. The van der Waals surface area contributed by atoms with Crippen LogP contribution >= 0.6 is 27.7 Å². The normalized spacial score (nSPS) is 16.2. The van der Waals surface area contributed by atoms with Crippen molar-refractivity contribution in [3.63, 3.8) is 0 Å². The first-order valence-corrected chi connectivity index (χ1v) is 10.9. The van der Waals surface area contributed by atoms with Gasteiger partial charge in [0, 0.05) is 22.5 Å². The van der Waals surface area contributed by atoms with Crippen LogP contribution in [0.15, 0.2) is 57.5 Å². The Labute approximate surface area is 182 Å². The average molecular weight is 470 g/mol. The lowest BCUT2D eigenvalue weighted by Gasteiger charge is -2.25. The zero-order chi connectivity index (χ0) is 21.0. The van der Waals surface area contributed by atoms with Crippen LogP contribution in [-0.4, -0.2) is 17.6 Å². The maximum atomic E-state index is 12.5. The van der Waals surface area contributed by atoms with Crippen LogP contribution in [0.4, 0.5) is 5.69 Å². The molecule has 1 atom stereocenters. The molecule has 0 saturated heterocycles. The summed E-state index contributed by atoms with van der Waals surface area (Å²) in [6, 6.07) is 15.7. The third-order valence-corrected chi connectivity index (χ3v) is 6.21. The van der Waals surface area contributed by atoms with Gasteiger partial charge in [-0.3, -0.25) is 9.59 Å². The van der Waals surface area contributed by atoms with Gasteiger partial charge in [-0.25, -0.2) is 0 Å². The minimum Gasteiger partial charge on any atom is -0.325 e. The molecule has 0 aliphatic carbocycles. The number of aryl methyl sites for hydroxylation is 2. The van der Waals surface area contributed by atoms with E-state index in [1.807, 2.05) is 56.3 Å². The molecule has 2 amide bonds. The lowest BCUT2D eigenvalue weighted by atomic mass is 9.87. The van der Waals surface area contributed by atoms with E-state index in [1.54, 1.807) is 0 Å². The van der Waals surface area contributed by atoms with Gasteiger partial charge in [-0.15, -0.1) is 0 Å². The first kappa shape index (κ1) is 21.2. The highest BCUT2D eigenvalue weighted by atomic mass is 79.9. The van der Waals surface area contributed by atoms with Crippen LogP contribution in [0.3, 0.4) is 0 Å². The molecule has 0 spiro atoms. The summed E-state index contributed by atoms with van der Waals surface area (Å²) in [5.74, 6) is -0.571. The first-order chi connectivity index (χ1) is 13.9. The van der Waals surface area contributed by atoms with Crippen LogP contribution in [0.25, 0.3) is 0 Å². The smallest absolute Gasteiger partial charge is 0.234 e. The Balaban J connectivity index is 1.78. The van der Waals surface area contributed by atoms with E-state index in [9.17, 15) is 14.9 Å². The number of allylic oxidation sites excluding steroid dienone is 1. The highest BCUT2D eigenvalue weighted by Crippen LogP contribution is 2.36. The topological polar surface area (TPSA) is 82.0 Å². The second kappa shape index (κ2) is 9.29. The Bertz CT molecular complexity index is 1020. The SMILES string of the molecule is Cc1cccc(C)c1NC(=O)CSC1=C(C#N)[C@H](c2cccc(Br)c2)CC(=O)N1. The summed E-state index contributed by atoms with van der Waals surface area (Å²) in [6.07, 6.45) is 0.206. The number of rotatable bonds is 5. The second-order valence-corrected chi connectivity index (χ2v) is 8.72. The number of carbonyl (C=O) groups is 2. The Morgan fingerprint density at radius 1 is 1.28 bits per heavy atom. The molecule has 0 radical (unpaired) electrons. The molecule has 29 heavy (non-hydrogen) atoms. The molecule has 3 rings (SSSR count). The molecule has 7 heteroatoms. The summed E-state index contributed by atoms with van der Waals surface area (Å²) < 4.78 is 0.889. The number of thioether (sulfide) groups is 1. The van der Waals surface area contributed by atoms with Gasteiger partial charge in [-0.05, 0) is 42.7 Å². The quantitative estimate of drug-likeness (QED) is 0.659. The van der Waals surface area contributed by atoms with E-state index < -0.39 is 0 Å². The standard InChI is InChI=1S/C22H20BrN3O2S/c1-13-5-3-6-14(2)21(13)25-20(28)12-29-22-18(11-24)17(10-19(27)26-22)15-7-4-8-16(23)9-15/h3-9,17H,10,12H2,1-2H3,(H,25,28)(H,26,27)/t17-/m0/s1. The molecule has 2 aromatic rings. The van der Waals surface area contributed by atoms with Gasteiger partial charge in [0.1, 0.15) is 0 Å². The Morgan fingerprint density at radius 3 is 2.62 bits per heavy atom. The molecular weight excluding hydrogens is 450 g/mol. The van der Waals surface area contributed by atoms with Crippen LogP contribution in [-0.2, 0) is 9.59 Å². The van der Waals surface area contributed by atoms with E-state index in [0.717, 1.165) is 26.9 Å². The van der Waals surface area contributed by atoms with Crippen molar-refractivity contribution in [3.05, 3.63) is 74.2 Å². The van der Waals surface area contributed by atoms with Gasteiger partial charge in [0.15, 0.2) is 0 Å². The molecular formula is C22H20BrN3O2S. The van der Waals surface area contributed by atoms with E-state index in [4.69, 9.17) is 0 Å². The third-order valence-electron chi connectivity index (χ3n) is 4.70. The van der Waals surface area contributed by atoms with Crippen molar-refractivity contribution in [2.45, 2.75) is 26.2 Å². The predicted molar refractivity (Wildman–Crippen MR) is 119 cm³/mol. The molecule has 0 fully saturated rings. The van der Waals surface area contributed by atoms with Crippen molar-refractivity contribution in [2.75, 3.05) is 11.1 Å². The molecule has 2 N–H and O–H groups in total. The summed E-state index contributed by atoms with van der Waals surface area (Å²) in [6.45, 7) is 3.88. The van der Waals surface area contributed by atoms with Gasteiger partial charge in [-0.2, -0.15) is 5.26 Å². The van der Waals surface area contributed by atoms with Crippen LogP contribution < -0.4 is 10.6 Å². The first-order valence-electron chi connectivity index (χ1n) is 9.07. The highest BCUT2D eigenvalue weighted by Gasteiger charge is 2.30. The second-order valence-electron chi connectivity index (χ2n) is 6.82. The minimum atomic E-state index is -0.324. The number of anilines is 1. The van der Waals surface area contributed by atoms with Crippen molar-refractivity contribution < 1.29 is 9.59 Å². The van der Waals surface area contributed by atoms with Crippen LogP contribution in [0.5, 0.6) is 0 Å². The number of halogens is 1. The Morgan fingerprint density at radius 2 is 1.97 bits per heavy atom. The number of hydrogen-bond donors (Lipinski definition) is 2. The molecule has 0 bridgehead atoms. The maximum Gasteiger partial charge on any atom is 0.234 e. The number of benzene rings is 2. The van der Waals surface area contributed by atoms with E-state index in [1.165, 1.54) is 11.8 Å².